The summed E-state index contributed by atoms with van der Waals surface area (Å²) in [5, 5.41) is 0. The van der Waals surface area contributed by atoms with Crippen LogP contribution in [-0.2, 0) is 6.18 Å². The molecule has 1 aromatic carbocycles. The Morgan fingerprint density at radius 3 is 2.53 bits per heavy atom. The number of carbonyl (C=O) groups excluding carboxylic acids is 1. The van der Waals surface area contributed by atoms with E-state index in [-0.39, 0.29) is 17.3 Å². The first-order valence-electron chi connectivity index (χ1n) is 5.79. The Morgan fingerprint density at radius 2 is 2.05 bits per heavy atom. The zero-order chi connectivity index (χ0) is 14.2. The number of nitrogens with two attached hydrogens (primary N) is 1. The van der Waals surface area contributed by atoms with Crippen molar-refractivity contribution in [3.63, 3.8) is 0 Å². The molecule has 7 heteroatoms. The van der Waals surface area contributed by atoms with Gasteiger partial charge in [-0.3, -0.25) is 10.6 Å². The van der Waals surface area contributed by atoms with Gasteiger partial charge in [0.05, 0.1) is 16.8 Å². The standard InChI is InChI=1S/C12H14F3N3O/c1-18(8-3-4-8)11(19)9-6-7(12(13,14)15)2-5-10(9)17-16/h2,5-6,8,17H,3-4,16H2,1H3. The summed E-state index contributed by atoms with van der Waals surface area (Å²) in [5.74, 6) is 4.78. The summed E-state index contributed by atoms with van der Waals surface area (Å²) in [6, 6.07) is 3.00. The van der Waals surface area contributed by atoms with E-state index in [4.69, 9.17) is 5.84 Å². The predicted molar refractivity (Wildman–Crippen MR) is 64.4 cm³/mol. The molecule has 0 aliphatic heterocycles. The van der Waals surface area contributed by atoms with E-state index in [0.717, 1.165) is 31.0 Å². The van der Waals surface area contributed by atoms with Crippen molar-refractivity contribution in [2.45, 2.75) is 25.1 Å². The maximum atomic E-state index is 12.7. The molecule has 0 spiro atoms. The van der Waals surface area contributed by atoms with Crippen molar-refractivity contribution >= 4 is 11.6 Å². The number of nitrogens with zero attached hydrogens (tertiary/aromatic N) is 1. The topological polar surface area (TPSA) is 58.4 Å². The van der Waals surface area contributed by atoms with Gasteiger partial charge in [0, 0.05) is 13.1 Å². The molecule has 1 fully saturated rings. The number of amides is 1. The van der Waals surface area contributed by atoms with Crippen LogP contribution in [-0.4, -0.2) is 23.9 Å². The first kappa shape index (κ1) is 13.7. The fourth-order valence-electron chi connectivity index (χ4n) is 1.84. The number of rotatable bonds is 3. The molecule has 1 aromatic rings. The Hall–Kier alpha value is -1.76. The predicted octanol–water partition coefficient (Wildman–Crippen LogP) is 2.23. The molecule has 1 saturated carbocycles. The van der Waals surface area contributed by atoms with Crippen LogP contribution < -0.4 is 11.3 Å². The van der Waals surface area contributed by atoms with Crippen molar-refractivity contribution in [2.24, 2.45) is 5.84 Å². The molecule has 19 heavy (non-hydrogen) atoms. The SMILES string of the molecule is CN(C(=O)c1cc(C(F)(F)F)ccc1NN)C1CC1. The van der Waals surface area contributed by atoms with Crippen LogP contribution >= 0.6 is 0 Å². The number of anilines is 1. The van der Waals surface area contributed by atoms with Gasteiger partial charge in [-0.15, -0.1) is 0 Å². The number of hydrazine groups is 1. The van der Waals surface area contributed by atoms with Crippen LogP contribution in [0.4, 0.5) is 18.9 Å². The van der Waals surface area contributed by atoms with Gasteiger partial charge >= 0.3 is 6.18 Å². The third-order valence-electron chi connectivity index (χ3n) is 3.15. The molecule has 0 radical (unpaired) electrons. The zero-order valence-electron chi connectivity index (χ0n) is 10.3. The Kier molecular flexibility index (Phi) is 3.40. The van der Waals surface area contributed by atoms with E-state index in [0.29, 0.717) is 0 Å². The molecule has 1 aliphatic rings. The fourth-order valence-corrected chi connectivity index (χ4v) is 1.84. The van der Waals surface area contributed by atoms with E-state index in [9.17, 15) is 18.0 Å². The van der Waals surface area contributed by atoms with Gasteiger partial charge in [-0.05, 0) is 31.0 Å². The summed E-state index contributed by atoms with van der Waals surface area (Å²) in [6.07, 6.45) is -2.72. The molecule has 1 aliphatic carbocycles. The molecule has 0 heterocycles. The first-order chi connectivity index (χ1) is 8.84. The molecule has 0 bridgehead atoms. The highest BCUT2D eigenvalue weighted by molar-refractivity contribution is 6.00. The lowest BCUT2D eigenvalue weighted by Gasteiger charge is -2.19. The van der Waals surface area contributed by atoms with Gasteiger partial charge in [0.1, 0.15) is 0 Å². The Morgan fingerprint density at radius 1 is 1.42 bits per heavy atom. The molecular formula is C12H14F3N3O. The Balaban J connectivity index is 2.38. The number of hydrogen-bond donors (Lipinski definition) is 2. The second kappa shape index (κ2) is 4.73. The number of nitrogen functional groups attached to an aromatic ring is 1. The maximum Gasteiger partial charge on any atom is 0.416 e. The van der Waals surface area contributed by atoms with Crippen LogP contribution in [0, 0.1) is 0 Å². The summed E-state index contributed by atoms with van der Waals surface area (Å²) < 4.78 is 38.0. The normalized spacial score (nSPS) is 15.2. The van der Waals surface area contributed by atoms with E-state index >= 15 is 0 Å². The molecular weight excluding hydrogens is 259 g/mol. The minimum atomic E-state index is -4.49. The third-order valence-corrected chi connectivity index (χ3v) is 3.15. The molecule has 3 N–H and O–H groups in total. The number of nitrogens with one attached hydrogen (secondary N) is 1. The summed E-state index contributed by atoms with van der Waals surface area (Å²) >= 11 is 0. The molecule has 1 amide bonds. The maximum absolute atomic E-state index is 12.7. The van der Waals surface area contributed by atoms with Crippen molar-refractivity contribution in [3.05, 3.63) is 29.3 Å². The minimum absolute atomic E-state index is 0.0632. The van der Waals surface area contributed by atoms with Crippen molar-refractivity contribution in [3.8, 4) is 0 Å². The molecule has 0 aromatic heterocycles. The lowest BCUT2D eigenvalue weighted by atomic mass is 10.1. The van der Waals surface area contributed by atoms with Gasteiger partial charge in [-0.2, -0.15) is 13.2 Å². The van der Waals surface area contributed by atoms with Gasteiger partial charge in [0.15, 0.2) is 0 Å². The largest absolute Gasteiger partial charge is 0.416 e. The number of alkyl halides is 3. The zero-order valence-corrected chi connectivity index (χ0v) is 10.3. The smallest absolute Gasteiger partial charge is 0.339 e. The lowest BCUT2D eigenvalue weighted by Crippen LogP contribution is -2.30. The van der Waals surface area contributed by atoms with Gasteiger partial charge in [-0.1, -0.05) is 0 Å². The first-order valence-corrected chi connectivity index (χ1v) is 5.79. The molecule has 4 nitrogen and oxygen atoms in total. The van der Waals surface area contributed by atoms with Crippen molar-refractivity contribution in [1.82, 2.24) is 4.90 Å². The van der Waals surface area contributed by atoms with Crippen molar-refractivity contribution < 1.29 is 18.0 Å². The van der Waals surface area contributed by atoms with E-state index in [1.54, 1.807) is 7.05 Å². The van der Waals surface area contributed by atoms with E-state index in [1.807, 2.05) is 0 Å². The van der Waals surface area contributed by atoms with Crippen molar-refractivity contribution in [2.75, 3.05) is 12.5 Å². The van der Waals surface area contributed by atoms with E-state index < -0.39 is 17.6 Å². The second-order valence-corrected chi connectivity index (χ2v) is 4.55. The summed E-state index contributed by atoms with van der Waals surface area (Å²) in [5.41, 5.74) is 1.51. The fraction of sp³-hybridized carbons (Fsp3) is 0.417. The van der Waals surface area contributed by atoms with Crippen LogP contribution in [0.1, 0.15) is 28.8 Å². The van der Waals surface area contributed by atoms with Crippen LogP contribution in [0.2, 0.25) is 0 Å². The van der Waals surface area contributed by atoms with Gasteiger partial charge in [-0.25, -0.2) is 0 Å². The quantitative estimate of drug-likeness (QED) is 0.656. The van der Waals surface area contributed by atoms with E-state index in [1.165, 1.54) is 4.90 Å². The Labute approximate surface area is 108 Å². The lowest BCUT2D eigenvalue weighted by molar-refractivity contribution is -0.137. The summed E-state index contributed by atoms with van der Waals surface area (Å²) in [6.45, 7) is 0. The number of carbonyl (C=O) groups is 1. The second-order valence-electron chi connectivity index (χ2n) is 4.55. The monoisotopic (exact) mass is 273 g/mol. The van der Waals surface area contributed by atoms with Gasteiger partial charge < -0.3 is 10.3 Å². The average Bonchev–Trinajstić information content (AvgIpc) is 3.19. The molecule has 0 atom stereocenters. The van der Waals surface area contributed by atoms with Crippen LogP contribution in [0.5, 0.6) is 0 Å². The average molecular weight is 273 g/mol. The summed E-state index contributed by atoms with van der Waals surface area (Å²) in [7, 11) is 1.58. The highest BCUT2D eigenvalue weighted by atomic mass is 19.4. The number of benzene rings is 1. The van der Waals surface area contributed by atoms with Crippen molar-refractivity contribution in [1.29, 1.82) is 0 Å². The molecule has 0 unspecified atom stereocenters. The highest BCUT2D eigenvalue weighted by Gasteiger charge is 2.34. The Bertz CT molecular complexity index is 497. The van der Waals surface area contributed by atoms with Crippen LogP contribution in [0.25, 0.3) is 0 Å². The summed E-state index contributed by atoms with van der Waals surface area (Å²) in [4.78, 5) is 13.6. The van der Waals surface area contributed by atoms with Gasteiger partial charge in [0.25, 0.3) is 5.91 Å². The molecule has 2 rings (SSSR count). The van der Waals surface area contributed by atoms with Crippen LogP contribution in [0.3, 0.4) is 0 Å². The molecule has 0 saturated heterocycles. The van der Waals surface area contributed by atoms with Crippen LogP contribution in [0.15, 0.2) is 18.2 Å². The van der Waals surface area contributed by atoms with E-state index in [2.05, 4.69) is 5.43 Å². The number of halogens is 3. The third kappa shape index (κ3) is 2.81. The van der Waals surface area contributed by atoms with Gasteiger partial charge in [0.2, 0.25) is 0 Å². The highest BCUT2D eigenvalue weighted by Crippen LogP contribution is 2.33. The molecule has 104 valence electrons. The minimum Gasteiger partial charge on any atom is -0.339 e. The number of hydrogen-bond acceptors (Lipinski definition) is 3.